The smallest absolute Gasteiger partial charge is 0.454 e. The van der Waals surface area contributed by atoms with Crippen LogP contribution in [0.15, 0.2) is 42.5 Å². The van der Waals surface area contributed by atoms with Crippen LogP contribution in [0, 0.1) is 5.92 Å². The number of hydrogen-bond donors (Lipinski definition) is 1. The first-order chi connectivity index (χ1) is 20.9. The number of aliphatic carboxylic acids is 1. The molecule has 1 atom stereocenters. The van der Waals surface area contributed by atoms with Gasteiger partial charge >= 0.3 is 18.1 Å². The highest BCUT2D eigenvalue weighted by atomic mass is 19.4. The standard InChI is InChI=1S/C33H40F5NO5/c1-42-26-11-12-28(22-13-15-39(16-14-22)20-32(34,35)33(36,37)38)30(18-26)44-25-9-7-24(8-10-25)43-27-4-2-3-23(17-27)29(19-31(40)41)21-5-6-21/h2-4,11-12,17-18,21-22,24-25,29H,5-10,13-16,19-20H2,1H3,(H,40,41)/t24-,25-,29?. The monoisotopic (exact) mass is 625 g/mol. The van der Waals surface area contributed by atoms with Gasteiger partial charge in [-0.1, -0.05) is 18.2 Å². The Morgan fingerprint density at radius 2 is 1.55 bits per heavy atom. The molecule has 0 spiro atoms. The van der Waals surface area contributed by atoms with Crippen molar-refractivity contribution < 1.29 is 46.1 Å². The van der Waals surface area contributed by atoms with E-state index >= 15 is 0 Å². The molecule has 1 aliphatic heterocycles. The molecule has 2 aliphatic carbocycles. The van der Waals surface area contributed by atoms with Crippen molar-refractivity contribution in [2.45, 2.75) is 93.9 Å². The van der Waals surface area contributed by atoms with Crippen LogP contribution < -0.4 is 14.2 Å². The maximum atomic E-state index is 13.6. The lowest BCUT2D eigenvalue weighted by atomic mass is 9.88. The zero-order valence-corrected chi connectivity index (χ0v) is 24.8. The van der Waals surface area contributed by atoms with E-state index in [4.69, 9.17) is 14.2 Å². The number of rotatable bonds is 12. The molecule has 242 valence electrons. The molecule has 11 heteroatoms. The van der Waals surface area contributed by atoms with Gasteiger partial charge in [-0.2, -0.15) is 22.0 Å². The van der Waals surface area contributed by atoms with Crippen molar-refractivity contribution in [3.63, 3.8) is 0 Å². The Hall–Kier alpha value is -3.08. The summed E-state index contributed by atoms with van der Waals surface area (Å²) in [4.78, 5) is 12.6. The predicted molar refractivity (Wildman–Crippen MR) is 154 cm³/mol. The SMILES string of the molecule is COc1ccc(C2CCN(CC(F)(F)C(F)(F)F)CC2)c(O[C@H]2CC[C@H](Oc3cccc(C(CC(=O)O)C4CC4)c3)CC2)c1. The van der Waals surface area contributed by atoms with Crippen LogP contribution in [0.5, 0.6) is 17.2 Å². The van der Waals surface area contributed by atoms with Gasteiger partial charge in [-0.15, -0.1) is 0 Å². The van der Waals surface area contributed by atoms with Crippen molar-refractivity contribution in [1.29, 1.82) is 0 Å². The Bertz CT molecular complexity index is 1270. The Morgan fingerprint density at radius 1 is 0.886 bits per heavy atom. The fourth-order valence-corrected chi connectivity index (χ4v) is 6.56. The third kappa shape index (κ3) is 8.14. The molecule has 5 rings (SSSR count). The van der Waals surface area contributed by atoms with E-state index in [1.54, 1.807) is 7.11 Å². The van der Waals surface area contributed by atoms with Crippen LogP contribution in [0.1, 0.15) is 80.8 Å². The van der Waals surface area contributed by atoms with Crippen LogP contribution >= 0.6 is 0 Å². The zero-order valence-electron chi connectivity index (χ0n) is 24.8. The van der Waals surface area contributed by atoms with Crippen LogP contribution in [0.25, 0.3) is 0 Å². The first-order valence-electron chi connectivity index (χ1n) is 15.4. The summed E-state index contributed by atoms with van der Waals surface area (Å²) in [5.41, 5.74) is 1.92. The summed E-state index contributed by atoms with van der Waals surface area (Å²) >= 11 is 0. The third-order valence-corrected chi connectivity index (χ3v) is 9.17. The van der Waals surface area contributed by atoms with Gasteiger partial charge in [-0.25, -0.2) is 0 Å². The van der Waals surface area contributed by atoms with Gasteiger partial charge in [0.05, 0.1) is 32.3 Å². The molecule has 44 heavy (non-hydrogen) atoms. The predicted octanol–water partition coefficient (Wildman–Crippen LogP) is 7.81. The average molecular weight is 626 g/mol. The van der Waals surface area contributed by atoms with Gasteiger partial charge in [-0.05, 0) is 112 Å². The number of ether oxygens (including phenoxy) is 3. The number of halogens is 5. The number of carbonyl (C=O) groups is 1. The molecule has 1 saturated heterocycles. The molecule has 2 aromatic rings. The molecule has 0 aromatic heterocycles. The van der Waals surface area contributed by atoms with Crippen molar-refractivity contribution in [1.82, 2.24) is 4.90 Å². The normalized spacial score (nSPS) is 22.8. The topological polar surface area (TPSA) is 68.2 Å². The second-order valence-corrected chi connectivity index (χ2v) is 12.4. The van der Waals surface area contributed by atoms with Crippen molar-refractivity contribution in [2.75, 3.05) is 26.7 Å². The summed E-state index contributed by atoms with van der Waals surface area (Å²) in [5, 5.41) is 9.36. The van der Waals surface area contributed by atoms with Gasteiger partial charge < -0.3 is 19.3 Å². The highest BCUT2D eigenvalue weighted by Gasteiger charge is 2.58. The largest absolute Gasteiger partial charge is 0.497 e. The van der Waals surface area contributed by atoms with E-state index in [1.165, 1.54) is 4.90 Å². The molecule has 2 saturated carbocycles. The van der Waals surface area contributed by atoms with Crippen molar-refractivity contribution in [2.24, 2.45) is 5.92 Å². The maximum absolute atomic E-state index is 13.6. The summed E-state index contributed by atoms with van der Waals surface area (Å²) in [6.45, 7) is -1.04. The number of piperidine rings is 1. The van der Waals surface area contributed by atoms with E-state index in [9.17, 15) is 31.9 Å². The van der Waals surface area contributed by atoms with Gasteiger partial charge in [0.1, 0.15) is 17.2 Å². The molecular weight excluding hydrogens is 585 g/mol. The van der Waals surface area contributed by atoms with Crippen LogP contribution in [-0.2, 0) is 4.79 Å². The second-order valence-electron chi connectivity index (χ2n) is 12.4. The lowest BCUT2D eigenvalue weighted by molar-refractivity contribution is -0.287. The number of alkyl halides is 5. The summed E-state index contributed by atoms with van der Waals surface area (Å²) < 4.78 is 83.5. The molecule has 0 amide bonds. The van der Waals surface area contributed by atoms with Crippen molar-refractivity contribution >= 4 is 5.97 Å². The maximum Gasteiger partial charge on any atom is 0.454 e. The number of carboxylic acid groups (broad SMARTS) is 1. The van der Waals surface area contributed by atoms with E-state index in [-0.39, 0.29) is 43.6 Å². The van der Waals surface area contributed by atoms with Gasteiger partial charge in [0.2, 0.25) is 0 Å². The molecule has 0 radical (unpaired) electrons. The van der Waals surface area contributed by atoms with E-state index in [0.717, 1.165) is 55.4 Å². The van der Waals surface area contributed by atoms with Crippen LogP contribution in [0.4, 0.5) is 22.0 Å². The van der Waals surface area contributed by atoms with Gasteiger partial charge in [0.25, 0.3) is 0 Å². The molecule has 1 unspecified atom stereocenters. The summed E-state index contributed by atoms with van der Waals surface area (Å²) in [7, 11) is 1.56. The van der Waals surface area contributed by atoms with Crippen LogP contribution in [0.3, 0.4) is 0 Å². The number of carboxylic acids is 1. The molecule has 6 nitrogen and oxygen atoms in total. The van der Waals surface area contributed by atoms with Gasteiger partial charge in [-0.3, -0.25) is 9.69 Å². The van der Waals surface area contributed by atoms with Crippen LogP contribution in [-0.4, -0.2) is 67.0 Å². The molecule has 3 fully saturated rings. The minimum Gasteiger partial charge on any atom is -0.497 e. The van der Waals surface area contributed by atoms with Gasteiger partial charge in [0.15, 0.2) is 0 Å². The number of hydrogen-bond acceptors (Lipinski definition) is 5. The highest BCUT2D eigenvalue weighted by Crippen LogP contribution is 2.45. The molecule has 3 aliphatic rings. The second kappa shape index (κ2) is 13.5. The van der Waals surface area contributed by atoms with Crippen LogP contribution in [0.2, 0.25) is 0 Å². The summed E-state index contributed by atoms with van der Waals surface area (Å²) in [6.07, 6.45) is 0.596. The Balaban J connectivity index is 1.16. The molecular formula is C33H40F5NO5. The molecule has 2 aromatic carbocycles. The fraction of sp³-hybridized carbons (Fsp3) is 0.606. The quantitative estimate of drug-likeness (QED) is 0.243. The minimum atomic E-state index is -5.56. The fourth-order valence-electron chi connectivity index (χ4n) is 6.56. The van der Waals surface area contributed by atoms with E-state index in [0.29, 0.717) is 30.3 Å². The summed E-state index contributed by atoms with van der Waals surface area (Å²) in [5.74, 6) is -3.11. The summed E-state index contributed by atoms with van der Waals surface area (Å²) in [6, 6.07) is 13.3. The van der Waals surface area contributed by atoms with Crippen molar-refractivity contribution in [3.05, 3.63) is 53.6 Å². The Labute approximate surface area is 254 Å². The lowest BCUT2D eigenvalue weighted by Crippen LogP contribution is -2.48. The Morgan fingerprint density at radius 3 is 2.14 bits per heavy atom. The number of nitrogens with zero attached hydrogens (tertiary/aromatic N) is 1. The van der Waals surface area contributed by atoms with E-state index in [1.807, 2.05) is 42.5 Å². The zero-order chi connectivity index (χ0) is 31.5. The molecule has 1 N–H and O–H groups in total. The van der Waals surface area contributed by atoms with E-state index < -0.39 is 24.6 Å². The number of benzene rings is 2. The van der Waals surface area contributed by atoms with Gasteiger partial charge in [0, 0.05) is 6.07 Å². The molecule has 1 heterocycles. The highest BCUT2D eigenvalue weighted by molar-refractivity contribution is 5.68. The number of likely N-dealkylation sites (tertiary alicyclic amines) is 1. The Kier molecular flexibility index (Phi) is 9.92. The third-order valence-electron chi connectivity index (χ3n) is 9.17. The minimum absolute atomic E-state index is 0.00492. The lowest BCUT2D eigenvalue weighted by Gasteiger charge is -2.36. The number of methoxy groups -OCH3 is 1. The first-order valence-corrected chi connectivity index (χ1v) is 15.4. The van der Waals surface area contributed by atoms with Crippen molar-refractivity contribution in [3.8, 4) is 17.2 Å². The average Bonchev–Trinajstić information content (AvgIpc) is 3.82. The van der Waals surface area contributed by atoms with E-state index in [2.05, 4.69) is 0 Å². The molecule has 0 bridgehead atoms. The first kappa shape index (κ1) is 32.3.